The molecule has 0 aliphatic heterocycles. The van der Waals surface area contributed by atoms with E-state index < -0.39 is 0 Å². The first-order chi connectivity index (χ1) is 19.6. The zero-order valence-electron chi connectivity index (χ0n) is 22.9. The predicted octanol–water partition coefficient (Wildman–Crippen LogP) is 12.6. The summed E-state index contributed by atoms with van der Waals surface area (Å²) in [5.74, 6) is 0. The van der Waals surface area contributed by atoms with Crippen LogP contribution in [0.15, 0.2) is 93.9 Å². The van der Waals surface area contributed by atoms with Gasteiger partial charge in [-0.15, -0.1) is 0 Å². The number of unbranched alkanes of at least 4 members (excludes halogenated alkanes) is 2. The molecule has 4 heteroatoms. The number of hydrogen-bond acceptors (Lipinski definition) is 0. The second-order valence-corrected chi connectivity index (χ2v) is 14.4. The van der Waals surface area contributed by atoms with Crippen LogP contribution in [0.25, 0.3) is 22.3 Å². The van der Waals surface area contributed by atoms with Gasteiger partial charge in [0, 0.05) is 25.0 Å². The number of hydrogen-bond donors (Lipinski definition) is 0. The van der Waals surface area contributed by atoms with Crippen molar-refractivity contribution in [3.05, 3.63) is 116 Å². The minimum Gasteiger partial charge on any atom is -0.0928 e. The van der Waals surface area contributed by atoms with E-state index in [-0.39, 0.29) is 0 Å². The Kier molecular flexibility index (Phi) is 10.8. The molecular weight excluding hydrogens is 752 g/mol. The van der Waals surface area contributed by atoms with E-state index in [1.165, 1.54) is 93.7 Å². The van der Waals surface area contributed by atoms with Crippen molar-refractivity contribution < 1.29 is 0 Å². The van der Waals surface area contributed by atoms with Crippen molar-refractivity contribution in [3.8, 4) is 22.3 Å². The van der Waals surface area contributed by atoms with Gasteiger partial charge in [0.05, 0.1) is 0 Å². The van der Waals surface area contributed by atoms with Gasteiger partial charge in [0.1, 0.15) is 0 Å². The largest absolute Gasteiger partial charge is 0.0928 e. The van der Waals surface area contributed by atoms with Crippen LogP contribution >= 0.6 is 63.7 Å². The van der Waals surface area contributed by atoms with Gasteiger partial charge >= 0.3 is 0 Å². The quantitative estimate of drug-likeness (QED) is 0.126. The summed E-state index contributed by atoms with van der Waals surface area (Å²) in [4.78, 5) is 0. The lowest BCUT2D eigenvalue weighted by Crippen LogP contribution is -2.27. The molecule has 1 saturated carbocycles. The Morgan fingerprint density at radius 1 is 0.525 bits per heavy atom. The molecule has 0 saturated heterocycles. The van der Waals surface area contributed by atoms with Gasteiger partial charge in [-0.05, 0) is 101 Å². The predicted molar refractivity (Wildman–Crippen MR) is 187 cm³/mol. The van der Waals surface area contributed by atoms with Gasteiger partial charge in [-0.25, -0.2) is 0 Å². The molecule has 1 spiro atoms. The molecule has 0 radical (unpaired) electrons. The van der Waals surface area contributed by atoms with Crippen molar-refractivity contribution in [2.24, 2.45) is 0 Å². The van der Waals surface area contributed by atoms with Crippen LogP contribution < -0.4 is 0 Å². The second-order valence-electron chi connectivity index (χ2n) is 11.0. The van der Waals surface area contributed by atoms with Gasteiger partial charge in [-0.3, -0.25) is 0 Å². The lowest BCUT2D eigenvalue weighted by molar-refractivity contribution is 0.352. The smallest absolute Gasteiger partial charge is 0.0215 e. The van der Waals surface area contributed by atoms with Gasteiger partial charge in [-0.2, -0.15) is 0 Å². The number of rotatable bonds is 4. The Hall–Kier alpha value is -1.20. The van der Waals surface area contributed by atoms with E-state index in [1.54, 1.807) is 11.1 Å². The maximum atomic E-state index is 3.66. The normalized spacial score (nSPS) is 15.1. The standard InChI is InChI=1S/C18H17Br.C13H9Br.C5H10Br2/c19-13-8-9-15-14-6-2-3-7-16(14)18(17(15)12-13)10-4-1-5-11-18;14-11-5-6-13-10(8-11)7-9-3-1-2-4-12(9)13;6-4-2-1-3-5-7/h2-3,6-9,12H,1,4-5,10-11H2;1-6,8H,7H2;1-5H2. The van der Waals surface area contributed by atoms with Crippen LogP contribution in [0.5, 0.6) is 0 Å². The minimum absolute atomic E-state index is 0.300. The first kappa shape index (κ1) is 30.3. The zero-order valence-corrected chi connectivity index (χ0v) is 29.2. The summed E-state index contributed by atoms with van der Waals surface area (Å²) in [7, 11) is 0. The summed E-state index contributed by atoms with van der Waals surface area (Å²) in [6, 6.07) is 31.0. The molecule has 0 bridgehead atoms. The van der Waals surface area contributed by atoms with E-state index >= 15 is 0 Å². The molecule has 0 amide bonds. The van der Waals surface area contributed by atoms with Crippen LogP contribution in [0.3, 0.4) is 0 Å². The maximum Gasteiger partial charge on any atom is 0.0215 e. The van der Waals surface area contributed by atoms with Crippen molar-refractivity contribution in [2.45, 2.75) is 63.2 Å². The summed E-state index contributed by atoms with van der Waals surface area (Å²) in [6.45, 7) is 0. The first-order valence-corrected chi connectivity index (χ1v) is 18.3. The summed E-state index contributed by atoms with van der Waals surface area (Å²) in [5, 5.41) is 2.31. The molecule has 7 rings (SSSR count). The van der Waals surface area contributed by atoms with Crippen molar-refractivity contribution in [1.82, 2.24) is 0 Å². The van der Waals surface area contributed by atoms with Crippen molar-refractivity contribution >= 4 is 63.7 Å². The fourth-order valence-electron chi connectivity index (χ4n) is 6.60. The molecule has 0 unspecified atom stereocenters. The van der Waals surface area contributed by atoms with E-state index in [2.05, 4.69) is 149 Å². The van der Waals surface area contributed by atoms with E-state index in [0.29, 0.717) is 5.41 Å². The van der Waals surface area contributed by atoms with Crippen molar-refractivity contribution in [3.63, 3.8) is 0 Å². The average molecular weight is 788 g/mol. The fraction of sp³-hybridized carbons (Fsp3) is 0.333. The van der Waals surface area contributed by atoms with Crippen molar-refractivity contribution in [1.29, 1.82) is 0 Å². The molecule has 0 N–H and O–H groups in total. The highest BCUT2D eigenvalue weighted by molar-refractivity contribution is 9.11. The van der Waals surface area contributed by atoms with Crippen LogP contribution in [0.2, 0.25) is 0 Å². The molecule has 0 atom stereocenters. The number of fused-ring (bicyclic) bond motifs is 8. The monoisotopic (exact) mass is 784 g/mol. The average Bonchev–Trinajstić information content (AvgIpc) is 3.47. The third-order valence-corrected chi connectivity index (χ3v) is 10.6. The highest BCUT2D eigenvalue weighted by Gasteiger charge is 2.43. The Bertz CT molecular complexity index is 1430. The Labute approximate surface area is 273 Å². The molecule has 208 valence electrons. The maximum absolute atomic E-state index is 3.66. The first-order valence-electron chi connectivity index (χ1n) is 14.5. The molecule has 4 aromatic rings. The molecule has 0 nitrogen and oxygen atoms in total. The van der Waals surface area contributed by atoms with E-state index in [9.17, 15) is 0 Å². The SMILES string of the molecule is BrCCCCCBr.Brc1ccc2c(c1)C1(CCCCC1)c1ccccc1-2.Brc1ccc2c(c1)Cc1ccccc1-2. The Morgan fingerprint density at radius 3 is 1.82 bits per heavy atom. The molecular formula is C36H36Br4. The molecule has 0 heterocycles. The molecule has 3 aliphatic rings. The lowest BCUT2D eigenvalue weighted by atomic mass is 9.68. The van der Waals surface area contributed by atoms with Crippen molar-refractivity contribution in [2.75, 3.05) is 10.7 Å². The van der Waals surface area contributed by atoms with Crippen LogP contribution in [-0.2, 0) is 11.8 Å². The Balaban J connectivity index is 0.000000135. The zero-order chi connectivity index (χ0) is 28.0. The van der Waals surface area contributed by atoms with Gasteiger partial charge in [0.25, 0.3) is 0 Å². The van der Waals surface area contributed by atoms with Crippen LogP contribution in [0.1, 0.15) is 73.6 Å². The van der Waals surface area contributed by atoms with Crippen LogP contribution in [0, 0.1) is 0 Å². The van der Waals surface area contributed by atoms with Crippen LogP contribution in [-0.4, -0.2) is 10.7 Å². The van der Waals surface area contributed by atoms with Crippen LogP contribution in [0.4, 0.5) is 0 Å². The third kappa shape index (κ3) is 6.56. The lowest BCUT2D eigenvalue weighted by Gasteiger charge is -2.36. The highest BCUT2D eigenvalue weighted by atomic mass is 79.9. The minimum atomic E-state index is 0.300. The molecule has 40 heavy (non-hydrogen) atoms. The molecule has 1 fully saturated rings. The van der Waals surface area contributed by atoms with Gasteiger partial charge in [0.2, 0.25) is 0 Å². The molecule has 3 aliphatic carbocycles. The topological polar surface area (TPSA) is 0 Å². The van der Waals surface area contributed by atoms with E-state index in [0.717, 1.165) is 17.1 Å². The Morgan fingerprint density at radius 2 is 1.10 bits per heavy atom. The summed E-state index contributed by atoms with van der Waals surface area (Å²) in [5.41, 5.74) is 12.0. The summed E-state index contributed by atoms with van der Waals surface area (Å²) in [6.07, 6.45) is 11.8. The van der Waals surface area contributed by atoms with E-state index in [4.69, 9.17) is 0 Å². The summed E-state index contributed by atoms with van der Waals surface area (Å²) < 4.78 is 2.38. The summed E-state index contributed by atoms with van der Waals surface area (Å²) >= 11 is 13.9. The van der Waals surface area contributed by atoms with Gasteiger partial charge in [0.15, 0.2) is 0 Å². The number of alkyl halides is 2. The third-order valence-electron chi connectivity index (χ3n) is 8.46. The van der Waals surface area contributed by atoms with Gasteiger partial charge < -0.3 is 0 Å². The molecule has 4 aromatic carbocycles. The highest BCUT2D eigenvalue weighted by Crippen LogP contribution is 2.56. The van der Waals surface area contributed by atoms with E-state index in [1.807, 2.05) is 0 Å². The number of benzene rings is 4. The number of halogens is 4. The second kappa shape index (κ2) is 14.3. The van der Waals surface area contributed by atoms with Gasteiger partial charge in [-0.1, -0.05) is 150 Å². The fourth-order valence-corrected chi connectivity index (χ4v) is 8.16. The molecule has 0 aromatic heterocycles.